The molecule has 0 amide bonds. The molecule has 0 saturated heterocycles. The van der Waals surface area contributed by atoms with Crippen molar-refractivity contribution in [3.63, 3.8) is 0 Å². The minimum Gasteiger partial charge on any atom is -0.497 e. The zero-order valence-corrected chi connectivity index (χ0v) is 25.0. The van der Waals surface area contributed by atoms with Gasteiger partial charge in [-0.05, 0) is 79.6 Å². The van der Waals surface area contributed by atoms with Crippen molar-refractivity contribution in [3.8, 4) is 17.2 Å². The molecule has 0 fully saturated rings. The second kappa shape index (κ2) is 17.9. The van der Waals surface area contributed by atoms with Crippen LogP contribution in [0.2, 0.25) is 0 Å². The lowest BCUT2D eigenvalue weighted by molar-refractivity contribution is 0.414. The van der Waals surface area contributed by atoms with E-state index in [2.05, 4.69) is 0 Å². The summed E-state index contributed by atoms with van der Waals surface area (Å²) in [5.74, 6) is 2.73. The van der Waals surface area contributed by atoms with Gasteiger partial charge >= 0.3 is 0 Å². The van der Waals surface area contributed by atoms with Crippen molar-refractivity contribution < 1.29 is 22.6 Å². The van der Waals surface area contributed by atoms with Crippen molar-refractivity contribution in [2.24, 2.45) is 0 Å². The number of benzene rings is 5. The minimum absolute atomic E-state index is 0.341. The van der Waals surface area contributed by atoms with E-state index in [4.69, 9.17) is 14.2 Å². The predicted octanol–water partition coefficient (Wildman–Crippen LogP) is 8.22. The Balaban J connectivity index is 0.000000207. The highest BCUT2D eigenvalue weighted by molar-refractivity contribution is 7.91. The van der Waals surface area contributed by atoms with Crippen LogP contribution in [0.3, 0.4) is 0 Å². The molecule has 5 aromatic carbocycles. The first kappa shape index (κ1) is 32.7. The van der Waals surface area contributed by atoms with Crippen LogP contribution in [0.4, 0.5) is 0 Å². The number of hydrogen-bond donors (Lipinski definition) is 0. The largest absolute Gasteiger partial charge is 0.497 e. The average molecular weight is 571 g/mol. The molecule has 0 N–H and O–H groups in total. The Morgan fingerprint density at radius 3 is 1.12 bits per heavy atom. The Morgan fingerprint density at radius 1 is 0.463 bits per heavy atom. The number of ether oxygens (including phenoxy) is 3. The predicted molar refractivity (Wildman–Crippen MR) is 167 cm³/mol. The highest BCUT2D eigenvalue weighted by atomic mass is 32.2. The van der Waals surface area contributed by atoms with Gasteiger partial charge in [-0.25, -0.2) is 8.42 Å². The molecule has 5 nitrogen and oxygen atoms in total. The summed E-state index contributed by atoms with van der Waals surface area (Å²) >= 11 is 0. The fourth-order valence-corrected chi connectivity index (χ4v) is 5.00. The van der Waals surface area contributed by atoms with Gasteiger partial charge < -0.3 is 14.2 Å². The molecule has 41 heavy (non-hydrogen) atoms. The second-order valence-corrected chi connectivity index (χ2v) is 10.6. The number of hydrogen-bond acceptors (Lipinski definition) is 5. The van der Waals surface area contributed by atoms with Gasteiger partial charge in [0.15, 0.2) is 0 Å². The summed E-state index contributed by atoms with van der Waals surface area (Å²) in [4.78, 5) is 0.734. The van der Waals surface area contributed by atoms with E-state index in [1.165, 1.54) is 0 Å². The SMILES string of the molecule is COc1ccccc1.COc1ccccc1.COc1ccccc1.Cc1ccc(C)c(S(=O)(=O)c2ccccc2)c1. The van der Waals surface area contributed by atoms with Gasteiger partial charge in [-0.3, -0.25) is 0 Å². The lowest BCUT2D eigenvalue weighted by atomic mass is 10.2. The maximum absolute atomic E-state index is 12.4. The summed E-state index contributed by atoms with van der Waals surface area (Å²) in [6.45, 7) is 3.71. The van der Waals surface area contributed by atoms with Crippen molar-refractivity contribution >= 4 is 9.84 Å². The summed E-state index contributed by atoms with van der Waals surface area (Å²) < 4.78 is 39.6. The number of para-hydroxylation sites is 3. The van der Waals surface area contributed by atoms with Gasteiger partial charge in [0.05, 0.1) is 31.1 Å². The van der Waals surface area contributed by atoms with Crippen LogP contribution < -0.4 is 14.2 Å². The molecule has 0 aliphatic heterocycles. The standard InChI is InChI=1S/C14H14O2S.3C7H8O/c1-11-8-9-12(2)14(10-11)17(15,16)13-6-4-3-5-7-13;3*1-8-7-5-3-2-4-6-7/h3-10H,1-2H3;3*2-6H,1H3. The Bertz CT molecular complexity index is 1400. The van der Waals surface area contributed by atoms with Gasteiger partial charge in [0.2, 0.25) is 9.84 Å². The average Bonchev–Trinajstić information content (AvgIpc) is 3.04. The molecule has 0 radical (unpaired) electrons. The van der Waals surface area contributed by atoms with E-state index in [0.29, 0.717) is 9.79 Å². The molecular weight excluding hydrogens is 532 g/mol. The van der Waals surface area contributed by atoms with Crippen LogP contribution in [0.15, 0.2) is 149 Å². The van der Waals surface area contributed by atoms with Crippen molar-refractivity contribution in [2.75, 3.05) is 21.3 Å². The Kier molecular flexibility index (Phi) is 14.3. The van der Waals surface area contributed by atoms with Crippen LogP contribution in [-0.2, 0) is 9.84 Å². The Labute approximate surface area is 244 Å². The fraction of sp³-hybridized carbons (Fsp3) is 0.143. The summed E-state index contributed by atoms with van der Waals surface area (Å²) in [5, 5.41) is 0. The van der Waals surface area contributed by atoms with Crippen LogP contribution in [0.1, 0.15) is 11.1 Å². The van der Waals surface area contributed by atoms with E-state index in [-0.39, 0.29) is 0 Å². The molecule has 0 heterocycles. The van der Waals surface area contributed by atoms with E-state index in [1.54, 1.807) is 51.7 Å². The molecule has 0 atom stereocenters. The van der Waals surface area contributed by atoms with Crippen LogP contribution >= 0.6 is 0 Å². The molecule has 0 unspecified atom stereocenters. The molecule has 0 aromatic heterocycles. The van der Waals surface area contributed by atoms with Gasteiger partial charge in [-0.2, -0.15) is 0 Å². The Hall–Kier alpha value is -4.55. The maximum atomic E-state index is 12.4. The topological polar surface area (TPSA) is 61.8 Å². The zero-order chi connectivity index (χ0) is 29.9. The van der Waals surface area contributed by atoms with Crippen LogP contribution in [-0.4, -0.2) is 29.7 Å². The maximum Gasteiger partial charge on any atom is 0.206 e. The molecular formula is C35H38O5S. The van der Waals surface area contributed by atoms with Gasteiger partial charge in [0.25, 0.3) is 0 Å². The molecule has 0 saturated carbocycles. The summed E-state index contributed by atoms with van der Waals surface area (Å²) in [7, 11) is 1.59. The normalized spacial score (nSPS) is 9.78. The highest BCUT2D eigenvalue weighted by Crippen LogP contribution is 2.24. The third-order valence-corrected chi connectivity index (χ3v) is 7.54. The smallest absolute Gasteiger partial charge is 0.206 e. The van der Waals surface area contributed by atoms with E-state index in [1.807, 2.05) is 123 Å². The van der Waals surface area contributed by atoms with Gasteiger partial charge in [0, 0.05) is 0 Å². The third kappa shape index (κ3) is 11.6. The third-order valence-electron chi connectivity index (χ3n) is 5.62. The van der Waals surface area contributed by atoms with E-state index in [9.17, 15) is 8.42 Å². The fourth-order valence-electron chi connectivity index (χ4n) is 3.39. The molecule has 0 spiro atoms. The van der Waals surface area contributed by atoms with E-state index < -0.39 is 9.84 Å². The minimum atomic E-state index is -3.39. The summed E-state index contributed by atoms with van der Waals surface area (Å²) in [6.07, 6.45) is 0. The molecule has 0 aliphatic carbocycles. The second-order valence-electron chi connectivity index (χ2n) is 8.64. The molecule has 0 bridgehead atoms. The monoisotopic (exact) mass is 570 g/mol. The molecule has 0 aliphatic rings. The van der Waals surface area contributed by atoms with Gasteiger partial charge in [-0.1, -0.05) is 84.9 Å². The van der Waals surface area contributed by atoms with E-state index >= 15 is 0 Å². The number of methoxy groups -OCH3 is 3. The van der Waals surface area contributed by atoms with Gasteiger partial charge in [-0.15, -0.1) is 0 Å². The molecule has 6 heteroatoms. The summed E-state index contributed by atoms with van der Waals surface area (Å²) in [6, 6.07) is 43.0. The van der Waals surface area contributed by atoms with Crippen LogP contribution in [0, 0.1) is 13.8 Å². The van der Waals surface area contributed by atoms with Crippen LogP contribution in [0.25, 0.3) is 0 Å². The van der Waals surface area contributed by atoms with Crippen molar-refractivity contribution in [3.05, 3.63) is 151 Å². The lowest BCUT2D eigenvalue weighted by Gasteiger charge is -2.08. The van der Waals surface area contributed by atoms with Crippen molar-refractivity contribution in [2.45, 2.75) is 23.6 Å². The van der Waals surface area contributed by atoms with Crippen LogP contribution in [0.5, 0.6) is 17.2 Å². The van der Waals surface area contributed by atoms with Crippen molar-refractivity contribution in [1.82, 2.24) is 0 Å². The first-order valence-electron chi connectivity index (χ1n) is 13.0. The quantitative estimate of drug-likeness (QED) is 0.213. The van der Waals surface area contributed by atoms with E-state index in [0.717, 1.165) is 28.4 Å². The Morgan fingerprint density at radius 2 is 0.805 bits per heavy atom. The number of aryl methyl sites for hydroxylation is 2. The first-order chi connectivity index (χ1) is 19.8. The number of rotatable bonds is 5. The lowest BCUT2D eigenvalue weighted by Crippen LogP contribution is -2.04. The molecule has 214 valence electrons. The molecule has 5 rings (SSSR count). The first-order valence-corrected chi connectivity index (χ1v) is 14.4. The highest BCUT2D eigenvalue weighted by Gasteiger charge is 2.19. The number of sulfone groups is 1. The summed E-state index contributed by atoms with van der Waals surface area (Å²) in [5.41, 5.74) is 1.73. The van der Waals surface area contributed by atoms with Gasteiger partial charge in [0.1, 0.15) is 17.2 Å². The molecule has 5 aromatic rings. The van der Waals surface area contributed by atoms with Crippen molar-refractivity contribution in [1.29, 1.82) is 0 Å². The zero-order valence-electron chi connectivity index (χ0n) is 24.2.